The summed E-state index contributed by atoms with van der Waals surface area (Å²) in [5, 5.41) is 2.97. The van der Waals surface area contributed by atoms with E-state index >= 15 is 0 Å². The number of ketones is 1. The first-order valence-electron chi connectivity index (χ1n) is 10.6. The van der Waals surface area contributed by atoms with Gasteiger partial charge in [0.1, 0.15) is 0 Å². The maximum absolute atomic E-state index is 12.7. The van der Waals surface area contributed by atoms with Crippen molar-refractivity contribution in [3.05, 3.63) is 94.5 Å². The summed E-state index contributed by atoms with van der Waals surface area (Å²) in [4.78, 5) is 27.7. The van der Waals surface area contributed by atoms with Crippen LogP contribution in [-0.2, 0) is 17.8 Å². The summed E-state index contributed by atoms with van der Waals surface area (Å²) in [5.74, 6) is -0.194. The quantitative estimate of drug-likeness (QED) is 0.544. The van der Waals surface area contributed by atoms with E-state index in [2.05, 4.69) is 34.5 Å². The van der Waals surface area contributed by atoms with Gasteiger partial charge in [0.05, 0.1) is 13.2 Å². The summed E-state index contributed by atoms with van der Waals surface area (Å²) in [6.45, 7) is 4.89. The molecule has 0 atom stereocenters. The monoisotopic (exact) mass is 412 g/mol. The fourth-order valence-electron chi connectivity index (χ4n) is 4.23. The Morgan fingerprint density at radius 3 is 2.29 bits per heavy atom. The zero-order valence-corrected chi connectivity index (χ0v) is 17.3. The molecule has 3 aromatic carbocycles. The fourth-order valence-corrected chi connectivity index (χ4v) is 4.23. The minimum absolute atomic E-state index is 0.0175. The molecule has 0 bridgehead atoms. The summed E-state index contributed by atoms with van der Waals surface area (Å²) in [7, 11) is 0. The number of carbonyl (C=O) groups is 2. The minimum atomic E-state index is -0.177. The van der Waals surface area contributed by atoms with Crippen LogP contribution >= 0.6 is 0 Å². The van der Waals surface area contributed by atoms with Crippen molar-refractivity contribution in [1.29, 1.82) is 0 Å². The number of carbonyl (C=O) groups excluding carboxylic acids is 2. The Kier molecular flexibility index (Phi) is 5.37. The molecular formula is C26H24N2O3. The predicted molar refractivity (Wildman–Crippen MR) is 119 cm³/mol. The van der Waals surface area contributed by atoms with Crippen LogP contribution in [-0.4, -0.2) is 42.9 Å². The van der Waals surface area contributed by atoms with Gasteiger partial charge in [0.15, 0.2) is 5.78 Å². The van der Waals surface area contributed by atoms with E-state index in [9.17, 15) is 9.59 Å². The number of fused-ring (bicyclic) bond motifs is 3. The smallest absolute Gasteiger partial charge is 0.251 e. The SMILES string of the molecule is O=C(NCc1ccc(CN2CCOCC2)cc1)c1ccc2c(c1)C(=O)c1ccccc1-2. The molecule has 3 aromatic rings. The van der Waals surface area contributed by atoms with E-state index in [1.165, 1.54) is 5.56 Å². The lowest BCUT2D eigenvalue weighted by atomic mass is 10.0. The zero-order valence-electron chi connectivity index (χ0n) is 17.3. The van der Waals surface area contributed by atoms with Gasteiger partial charge >= 0.3 is 0 Å². The van der Waals surface area contributed by atoms with Gasteiger partial charge in [0.25, 0.3) is 5.91 Å². The second-order valence-electron chi connectivity index (χ2n) is 8.02. The van der Waals surface area contributed by atoms with Crippen LogP contribution < -0.4 is 5.32 Å². The Morgan fingerprint density at radius 2 is 1.52 bits per heavy atom. The van der Waals surface area contributed by atoms with E-state index < -0.39 is 0 Å². The van der Waals surface area contributed by atoms with Crippen molar-refractivity contribution in [1.82, 2.24) is 10.2 Å². The summed E-state index contributed by atoms with van der Waals surface area (Å²) < 4.78 is 5.39. The Labute approximate surface area is 181 Å². The van der Waals surface area contributed by atoms with Gasteiger partial charge in [0, 0.05) is 42.9 Å². The van der Waals surface area contributed by atoms with Crippen molar-refractivity contribution in [2.24, 2.45) is 0 Å². The van der Waals surface area contributed by atoms with Crippen LogP contribution in [0, 0.1) is 0 Å². The van der Waals surface area contributed by atoms with Gasteiger partial charge in [0.2, 0.25) is 0 Å². The zero-order chi connectivity index (χ0) is 21.2. The highest BCUT2D eigenvalue weighted by atomic mass is 16.5. The lowest BCUT2D eigenvalue weighted by Crippen LogP contribution is -2.35. The highest BCUT2D eigenvalue weighted by molar-refractivity contribution is 6.22. The molecule has 1 fully saturated rings. The molecule has 0 unspecified atom stereocenters. The lowest BCUT2D eigenvalue weighted by molar-refractivity contribution is 0.0342. The van der Waals surface area contributed by atoms with E-state index in [0.29, 0.717) is 23.2 Å². The Bertz CT molecular complexity index is 1130. The van der Waals surface area contributed by atoms with Crippen molar-refractivity contribution in [2.75, 3.05) is 26.3 Å². The van der Waals surface area contributed by atoms with Crippen LogP contribution in [0.25, 0.3) is 11.1 Å². The number of hydrogen-bond donors (Lipinski definition) is 1. The van der Waals surface area contributed by atoms with Gasteiger partial charge in [-0.1, -0.05) is 54.6 Å². The molecule has 0 aromatic heterocycles. The summed E-state index contributed by atoms with van der Waals surface area (Å²) >= 11 is 0. The third-order valence-corrected chi connectivity index (χ3v) is 5.97. The third kappa shape index (κ3) is 4.02. The molecule has 1 saturated heterocycles. The van der Waals surface area contributed by atoms with Gasteiger partial charge in [-0.15, -0.1) is 0 Å². The number of morpholine rings is 1. The highest BCUT2D eigenvalue weighted by Gasteiger charge is 2.27. The second-order valence-corrected chi connectivity index (χ2v) is 8.02. The van der Waals surface area contributed by atoms with E-state index in [0.717, 1.165) is 49.5 Å². The number of hydrogen-bond acceptors (Lipinski definition) is 4. The molecule has 1 aliphatic heterocycles. The number of nitrogens with one attached hydrogen (secondary N) is 1. The average molecular weight is 412 g/mol. The number of amides is 1. The van der Waals surface area contributed by atoms with Crippen LogP contribution in [0.15, 0.2) is 66.7 Å². The molecule has 1 N–H and O–H groups in total. The normalized spacial score (nSPS) is 15.4. The first-order valence-corrected chi connectivity index (χ1v) is 10.6. The fraction of sp³-hybridized carbons (Fsp3) is 0.231. The molecule has 1 aliphatic carbocycles. The predicted octanol–water partition coefficient (Wildman–Crippen LogP) is 3.66. The highest BCUT2D eigenvalue weighted by Crippen LogP contribution is 2.36. The van der Waals surface area contributed by atoms with Crippen LogP contribution in [0.2, 0.25) is 0 Å². The first-order chi connectivity index (χ1) is 15.2. The largest absolute Gasteiger partial charge is 0.379 e. The molecule has 31 heavy (non-hydrogen) atoms. The number of benzene rings is 3. The van der Waals surface area contributed by atoms with Gasteiger partial charge < -0.3 is 10.1 Å². The lowest BCUT2D eigenvalue weighted by Gasteiger charge is -2.26. The van der Waals surface area contributed by atoms with Crippen molar-refractivity contribution in [3.63, 3.8) is 0 Å². The summed E-state index contributed by atoms with van der Waals surface area (Å²) in [6, 6.07) is 21.3. The van der Waals surface area contributed by atoms with Crippen LogP contribution in [0.3, 0.4) is 0 Å². The van der Waals surface area contributed by atoms with Gasteiger partial charge in [-0.05, 0) is 34.4 Å². The van der Waals surface area contributed by atoms with Gasteiger partial charge in [-0.25, -0.2) is 0 Å². The van der Waals surface area contributed by atoms with Gasteiger partial charge in [-0.3, -0.25) is 14.5 Å². The van der Waals surface area contributed by atoms with E-state index in [1.54, 1.807) is 12.1 Å². The maximum Gasteiger partial charge on any atom is 0.251 e. The molecule has 1 amide bonds. The van der Waals surface area contributed by atoms with Gasteiger partial charge in [-0.2, -0.15) is 0 Å². The molecule has 5 heteroatoms. The standard InChI is InChI=1S/C26H24N2O3/c29-25-23-4-2-1-3-21(23)22-10-9-20(15-24(22)25)26(30)27-16-18-5-7-19(8-6-18)17-28-11-13-31-14-12-28/h1-10,15H,11-14,16-17H2,(H,27,30). The molecule has 5 rings (SSSR count). The summed E-state index contributed by atoms with van der Waals surface area (Å²) in [6.07, 6.45) is 0. The van der Waals surface area contributed by atoms with Crippen molar-refractivity contribution < 1.29 is 14.3 Å². The molecule has 1 heterocycles. The molecule has 0 radical (unpaired) electrons. The number of rotatable bonds is 5. The second kappa shape index (κ2) is 8.46. The topological polar surface area (TPSA) is 58.6 Å². The molecule has 2 aliphatic rings. The first kappa shape index (κ1) is 19.7. The van der Waals surface area contributed by atoms with Crippen molar-refractivity contribution in [3.8, 4) is 11.1 Å². The maximum atomic E-state index is 12.7. The third-order valence-electron chi connectivity index (χ3n) is 5.97. The van der Waals surface area contributed by atoms with Crippen molar-refractivity contribution >= 4 is 11.7 Å². The molecule has 0 saturated carbocycles. The van der Waals surface area contributed by atoms with Crippen LogP contribution in [0.4, 0.5) is 0 Å². The van der Waals surface area contributed by atoms with E-state index in [-0.39, 0.29) is 11.7 Å². The number of ether oxygens (including phenoxy) is 1. The minimum Gasteiger partial charge on any atom is -0.379 e. The molecule has 5 nitrogen and oxygen atoms in total. The van der Waals surface area contributed by atoms with Crippen LogP contribution in [0.1, 0.15) is 37.4 Å². The van der Waals surface area contributed by atoms with E-state index in [1.807, 2.05) is 30.3 Å². The average Bonchev–Trinajstić information content (AvgIpc) is 3.11. The Balaban J connectivity index is 1.22. The van der Waals surface area contributed by atoms with Crippen molar-refractivity contribution in [2.45, 2.75) is 13.1 Å². The summed E-state index contributed by atoms with van der Waals surface area (Å²) in [5.41, 5.74) is 5.94. The number of nitrogens with zero attached hydrogens (tertiary/aromatic N) is 1. The van der Waals surface area contributed by atoms with Crippen LogP contribution in [0.5, 0.6) is 0 Å². The molecule has 0 spiro atoms. The van der Waals surface area contributed by atoms with E-state index in [4.69, 9.17) is 4.74 Å². The Hall–Kier alpha value is -3.28. The Morgan fingerprint density at radius 1 is 0.839 bits per heavy atom. The molecule has 156 valence electrons. The molecular weight excluding hydrogens is 388 g/mol.